The van der Waals surface area contributed by atoms with E-state index in [9.17, 15) is 0 Å². The second-order valence-corrected chi connectivity index (χ2v) is 5.02. The predicted octanol–water partition coefficient (Wildman–Crippen LogP) is 4.43. The van der Waals surface area contributed by atoms with Crippen molar-refractivity contribution >= 4 is 0 Å². The SMILES string of the molecule is CCCCOCC(CC)(CC)COCCCC. The fraction of sp³-hybridized carbons (Fsp3) is 1.00. The summed E-state index contributed by atoms with van der Waals surface area (Å²) in [5.41, 5.74) is 0.238. The van der Waals surface area contributed by atoms with E-state index in [1.165, 1.54) is 25.7 Å². The minimum Gasteiger partial charge on any atom is -0.381 e. The van der Waals surface area contributed by atoms with E-state index in [-0.39, 0.29) is 5.41 Å². The number of hydrogen-bond donors (Lipinski definition) is 0. The van der Waals surface area contributed by atoms with Gasteiger partial charge in [-0.2, -0.15) is 0 Å². The standard InChI is InChI=1S/C15H32O2/c1-5-9-11-16-13-15(7-3,8-4)14-17-12-10-6-2/h5-14H2,1-4H3. The van der Waals surface area contributed by atoms with Crippen LogP contribution in [-0.2, 0) is 9.47 Å². The smallest absolute Gasteiger partial charge is 0.0544 e. The molecule has 0 N–H and O–H groups in total. The lowest BCUT2D eigenvalue weighted by Gasteiger charge is -2.31. The van der Waals surface area contributed by atoms with Crippen molar-refractivity contribution in [1.29, 1.82) is 0 Å². The average molecular weight is 244 g/mol. The van der Waals surface area contributed by atoms with Gasteiger partial charge in [0.2, 0.25) is 0 Å². The molecule has 0 aromatic carbocycles. The van der Waals surface area contributed by atoms with Gasteiger partial charge in [-0.1, -0.05) is 40.5 Å². The van der Waals surface area contributed by atoms with E-state index >= 15 is 0 Å². The summed E-state index contributed by atoms with van der Waals surface area (Å²) >= 11 is 0. The third-order valence-corrected chi connectivity index (χ3v) is 3.60. The van der Waals surface area contributed by atoms with Crippen molar-refractivity contribution in [2.45, 2.75) is 66.2 Å². The second kappa shape index (κ2) is 11.0. The van der Waals surface area contributed by atoms with Gasteiger partial charge in [0, 0.05) is 18.6 Å². The second-order valence-electron chi connectivity index (χ2n) is 5.02. The molecule has 104 valence electrons. The van der Waals surface area contributed by atoms with Gasteiger partial charge in [-0.05, 0) is 25.7 Å². The first-order valence-electron chi connectivity index (χ1n) is 7.40. The molecule has 0 amide bonds. The van der Waals surface area contributed by atoms with Gasteiger partial charge in [0.05, 0.1) is 13.2 Å². The number of hydrogen-bond acceptors (Lipinski definition) is 2. The van der Waals surface area contributed by atoms with Crippen LogP contribution in [0.5, 0.6) is 0 Å². The molecule has 0 bridgehead atoms. The summed E-state index contributed by atoms with van der Waals surface area (Å²) in [7, 11) is 0. The Morgan fingerprint density at radius 3 is 1.41 bits per heavy atom. The lowest BCUT2D eigenvalue weighted by molar-refractivity contribution is -0.0283. The van der Waals surface area contributed by atoms with E-state index in [0.29, 0.717) is 0 Å². The molecule has 0 saturated heterocycles. The summed E-state index contributed by atoms with van der Waals surface area (Å²) in [5, 5.41) is 0. The molecule has 0 radical (unpaired) electrons. The van der Waals surface area contributed by atoms with Crippen LogP contribution in [0.15, 0.2) is 0 Å². The molecule has 0 aromatic heterocycles. The van der Waals surface area contributed by atoms with Crippen LogP contribution in [0.25, 0.3) is 0 Å². The zero-order valence-electron chi connectivity index (χ0n) is 12.4. The van der Waals surface area contributed by atoms with Gasteiger partial charge in [0.15, 0.2) is 0 Å². The molecule has 0 saturated carbocycles. The van der Waals surface area contributed by atoms with Crippen molar-refractivity contribution < 1.29 is 9.47 Å². The maximum atomic E-state index is 5.80. The van der Waals surface area contributed by atoms with Crippen molar-refractivity contribution in [3.05, 3.63) is 0 Å². The first kappa shape index (κ1) is 16.9. The van der Waals surface area contributed by atoms with E-state index in [4.69, 9.17) is 9.47 Å². The first-order valence-corrected chi connectivity index (χ1v) is 7.40. The van der Waals surface area contributed by atoms with Crippen LogP contribution in [0.1, 0.15) is 66.2 Å². The highest BCUT2D eigenvalue weighted by Crippen LogP contribution is 2.27. The summed E-state index contributed by atoms with van der Waals surface area (Å²) in [6.45, 7) is 12.4. The van der Waals surface area contributed by atoms with Gasteiger partial charge in [-0.15, -0.1) is 0 Å². The summed E-state index contributed by atoms with van der Waals surface area (Å²) in [5.74, 6) is 0. The van der Waals surface area contributed by atoms with Crippen LogP contribution in [-0.4, -0.2) is 26.4 Å². The average Bonchev–Trinajstić information content (AvgIpc) is 2.37. The Labute approximate surface area is 108 Å². The van der Waals surface area contributed by atoms with Crippen molar-refractivity contribution in [3.63, 3.8) is 0 Å². The molecule has 0 aromatic rings. The van der Waals surface area contributed by atoms with Crippen LogP contribution in [0.3, 0.4) is 0 Å². The molecule has 0 aliphatic heterocycles. The van der Waals surface area contributed by atoms with Gasteiger partial charge in [0.25, 0.3) is 0 Å². The molecule has 0 heterocycles. The Balaban J connectivity index is 3.88. The molecule has 2 heteroatoms. The van der Waals surface area contributed by atoms with Crippen LogP contribution in [0, 0.1) is 5.41 Å². The number of unbranched alkanes of at least 4 members (excludes halogenated alkanes) is 2. The minimum absolute atomic E-state index is 0.238. The van der Waals surface area contributed by atoms with E-state index in [1.54, 1.807) is 0 Å². The molecular weight excluding hydrogens is 212 g/mol. The molecule has 0 aliphatic rings. The van der Waals surface area contributed by atoms with Crippen molar-refractivity contribution in [2.24, 2.45) is 5.41 Å². The van der Waals surface area contributed by atoms with E-state index in [0.717, 1.165) is 39.3 Å². The molecule has 0 fully saturated rings. The minimum atomic E-state index is 0.238. The van der Waals surface area contributed by atoms with Crippen molar-refractivity contribution in [2.75, 3.05) is 26.4 Å². The highest BCUT2D eigenvalue weighted by atomic mass is 16.5. The highest BCUT2D eigenvalue weighted by molar-refractivity contribution is 4.76. The third-order valence-electron chi connectivity index (χ3n) is 3.60. The Bertz CT molecular complexity index is 139. The lowest BCUT2D eigenvalue weighted by Crippen LogP contribution is -2.31. The Hall–Kier alpha value is -0.0800. The fourth-order valence-electron chi connectivity index (χ4n) is 1.77. The molecule has 2 nitrogen and oxygen atoms in total. The molecule has 0 unspecified atom stereocenters. The lowest BCUT2D eigenvalue weighted by atomic mass is 9.84. The van der Waals surface area contributed by atoms with Gasteiger partial charge in [-0.25, -0.2) is 0 Å². The summed E-state index contributed by atoms with van der Waals surface area (Å²) in [4.78, 5) is 0. The molecule has 0 atom stereocenters. The molecule has 0 aliphatic carbocycles. The van der Waals surface area contributed by atoms with Gasteiger partial charge in [0.1, 0.15) is 0 Å². The van der Waals surface area contributed by atoms with Gasteiger partial charge < -0.3 is 9.47 Å². The zero-order chi connectivity index (χ0) is 13.0. The van der Waals surface area contributed by atoms with Crippen LogP contribution >= 0.6 is 0 Å². The maximum Gasteiger partial charge on any atom is 0.0544 e. The summed E-state index contributed by atoms with van der Waals surface area (Å²) in [6.07, 6.45) is 7.03. The van der Waals surface area contributed by atoms with Crippen LogP contribution < -0.4 is 0 Å². The third kappa shape index (κ3) is 7.77. The van der Waals surface area contributed by atoms with E-state index in [1.807, 2.05) is 0 Å². The Kier molecular flexibility index (Phi) is 11.0. The first-order chi connectivity index (χ1) is 8.24. The van der Waals surface area contributed by atoms with Crippen LogP contribution in [0.4, 0.5) is 0 Å². The molecule has 0 spiro atoms. The van der Waals surface area contributed by atoms with Gasteiger partial charge in [-0.3, -0.25) is 0 Å². The van der Waals surface area contributed by atoms with E-state index < -0.39 is 0 Å². The molecule has 0 rings (SSSR count). The fourth-order valence-corrected chi connectivity index (χ4v) is 1.77. The zero-order valence-corrected chi connectivity index (χ0v) is 12.4. The maximum absolute atomic E-state index is 5.80. The topological polar surface area (TPSA) is 18.5 Å². The Morgan fingerprint density at radius 1 is 0.706 bits per heavy atom. The van der Waals surface area contributed by atoms with Gasteiger partial charge >= 0.3 is 0 Å². The molecule has 17 heavy (non-hydrogen) atoms. The predicted molar refractivity (Wildman–Crippen MR) is 74.5 cm³/mol. The Morgan fingerprint density at radius 2 is 1.12 bits per heavy atom. The number of rotatable bonds is 12. The van der Waals surface area contributed by atoms with Crippen LogP contribution in [0.2, 0.25) is 0 Å². The highest BCUT2D eigenvalue weighted by Gasteiger charge is 2.26. The number of ether oxygens (including phenoxy) is 2. The summed E-state index contributed by atoms with van der Waals surface area (Å²) in [6, 6.07) is 0. The summed E-state index contributed by atoms with van der Waals surface area (Å²) < 4.78 is 11.6. The van der Waals surface area contributed by atoms with Crippen molar-refractivity contribution in [3.8, 4) is 0 Å². The van der Waals surface area contributed by atoms with E-state index in [2.05, 4.69) is 27.7 Å². The molecular formula is C15H32O2. The largest absolute Gasteiger partial charge is 0.381 e. The monoisotopic (exact) mass is 244 g/mol. The normalized spacial score (nSPS) is 12.0. The van der Waals surface area contributed by atoms with Crippen molar-refractivity contribution in [1.82, 2.24) is 0 Å². The quantitative estimate of drug-likeness (QED) is 0.473.